The van der Waals surface area contributed by atoms with Crippen LogP contribution in [-0.4, -0.2) is 15.7 Å². The molecule has 1 aliphatic heterocycles. The normalized spacial score (nSPS) is 13.0. The molecule has 0 aliphatic carbocycles. The van der Waals surface area contributed by atoms with Crippen molar-refractivity contribution in [2.75, 3.05) is 0 Å². The first kappa shape index (κ1) is 15.5. The summed E-state index contributed by atoms with van der Waals surface area (Å²) >= 11 is 0. The van der Waals surface area contributed by atoms with Gasteiger partial charge >= 0.3 is 0 Å². The number of carbonyl (C=O) groups excluding carboxylic acids is 1. The Morgan fingerprint density at radius 3 is 2.52 bits per heavy atom. The first-order chi connectivity index (χ1) is 12.0. The molecule has 0 radical (unpaired) electrons. The van der Waals surface area contributed by atoms with Gasteiger partial charge in [0.1, 0.15) is 11.6 Å². The third-order valence-electron chi connectivity index (χ3n) is 4.69. The standard InChI is InChI=1S/C19H15F2N3O/c1-10-16(9-23-24(10)2)14-5-11(6-15-17(14)8-22-19(15)25)13-4-3-12(20)7-18(13)21/h3-7,9H,8H2,1-2H3,(H,22,25). The van der Waals surface area contributed by atoms with Crippen LogP contribution in [0.15, 0.2) is 36.5 Å². The van der Waals surface area contributed by atoms with E-state index in [1.807, 2.05) is 20.0 Å². The molecule has 0 unspecified atom stereocenters. The highest BCUT2D eigenvalue weighted by Crippen LogP contribution is 2.36. The Morgan fingerprint density at radius 2 is 1.84 bits per heavy atom. The molecule has 0 spiro atoms. The van der Waals surface area contributed by atoms with Crippen molar-refractivity contribution < 1.29 is 13.6 Å². The lowest BCUT2D eigenvalue weighted by molar-refractivity contribution is 0.0966. The Morgan fingerprint density at radius 1 is 1.08 bits per heavy atom. The summed E-state index contributed by atoms with van der Waals surface area (Å²) in [4.78, 5) is 12.2. The summed E-state index contributed by atoms with van der Waals surface area (Å²) in [5.41, 5.74) is 4.84. The smallest absolute Gasteiger partial charge is 0.251 e. The van der Waals surface area contributed by atoms with Gasteiger partial charge in [-0.2, -0.15) is 5.10 Å². The van der Waals surface area contributed by atoms with Crippen molar-refractivity contribution in [3.63, 3.8) is 0 Å². The Hall–Kier alpha value is -3.02. The van der Waals surface area contributed by atoms with E-state index < -0.39 is 11.6 Å². The topological polar surface area (TPSA) is 46.9 Å². The van der Waals surface area contributed by atoms with Gasteiger partial charge in [-0.1, -0.05) is 0 Å². The van der Waals surface area contributed by atoms with Crippen molar-refractivity contribution in [2.24, 2.45) is 7.05 Å². The third kappa shape index (κ3) is 2.41. The van der Waals surface area contributed by atoms with Crippen LogP contribution in [0.5, 0.6) is 0 Å². The van der Waals surface area contributed by atoms with Crippen LogP contribution < -0.4 is 5.32 Å². The SMILES string of the molecule is Cc1c(-c2cc(-c3ccc(F)cc3F)cc3c2CNC3=O)cnn1C. The van der Waals surface area contributed by atoms with Crippen LogP contribution in [0.4, 0.5) is 8.78 Å². The van der Waals surface area contributed by atoms with Crippen molar-refractivity contribution in [1.29, 1.82) is 0 Å². The Labute approximate surface area is 143 Å². The fraction of sp³-hybridized carbons (Fsp3) is 0.158. The van der Waals surface area contributed by atoms with Gasteiger partial charge in [-0.05, 0) is 47.9 Å². The molecular weight excluding hydrogens is 324 g/mol. The number of nitrogens with zero attached hydrogens (tertiary/aromatic N) is 2. The quantitative estimate of drug-likeness (QED) is 0.776. The van der Waals surface area contributed by atoms with Gasteiger partial charge in [0.05, 0.1) is 6.20 Å². The van der Waals surface area contributed by atoms with Crippen molar-refractivity contribution in [1.82, 2.24) is 15.1 Å². The number of aromatic nitrogens is 2. The predicted molar refractivity (Wildman–Crippen MR) is 89.9 cm³/mol. The van der Waals surface area contributed by atoms with Crippen LogP contribution in [0.25, 0.3) is 22.3 Å². The van der Waals surface area contributed by atoms with E-state index in [0.717, 1.165) is 28.5 Å². The van der Waals surface area contributed by atoms with E-state index in [0.29, 0.717) is 17.7 Å². The zero-order chi connectivity index (χ0) is 17.7. The molecule has 0 fully saturated rings. The minimum absolute atomic E-state index is 0.192. The lowest BCUT2D eigenvalue weighted by Crippen LogP contribution is -2.12. The highest BCUT2D eigenvalue weighted by atomic mass is 19.1. The van der Waals surface area contributed by atoms with Gasteiger partial charge in [-0.15, -0.1) is 0 Å². The molecular formula is C19H15F2N3O. The predicted octanol–water partition coefficient (Wildman–Crippen LogP) is 3.58. The maximum absolute atomic E-state index is 14.2. The molecule has 0 bridgehead atoms. The van der Waals surface area contributed by atoms with Gasteiger partial charge in [0.25, 0.3) is 5.91 Å². The first-order valence-electron chi connectivity index (χ1n) is 7.85. The molecule has 1 N–H and O–H groups in total. The average Bonchev–Trinajstić information content (AvgIpc) is 3.11. The summed E-state index contributed by atoms with van der Waals surface area (Å²) in [5, 5.41) is 7.06. The molecule has 4 nitrogen and oxygen atoms in total. The molecule has 1 aliphatic rings. The number of hydrogen-bond donors (Lipinski definition) is 1. The van der Waals surface area contributed by atoms with E-state index >= 15 is 0 Å². The number of nitrogens with one attached hydrogen (secondary N) is 1. The van der Waals surface area contributed by atoms with Gasteiger partial charge in [-0.3, -0.25) is 9.48 Å². The van der Waals surface area contributed by atoms with Crippen LogP contribution in [0.1, 0.15) is 21.6 Å². The first-order valence-corrected chi connectivity index (χ1v) is 7.85. The summed E-state index contributed by atoms with van der Waals surface area (Å²) in [6.45, 7) is 2.36. The molecule has 2 heterocycles. The molecule has 1 aromatic heterocycles. The second-order valence-corrected chi connectivity index (χ2v) is 6.12. The molecule has 0 saturated carbocycles. The van der Waals surface area contributed by atoms with E-state index in [-0.39, 0.29) is 11.5 Å². The molecule has 3 aromatic rings. The highest BCUT2D eigenvalue weighted by Gasteiger charge is 2.25. The number of carbonyl (C=O) groups is 1. The number of hydrogen-bond acceptors (Lipinski definition) is 2. The second-order valence-electron chi connectivity index (χ2n) is 6.12. The van der Waals surface area contributed by atoms with Crippen LogP contribution in [0.2, 0.25) is 0 Å². The lowest BCUT2D eigenvalue weighted by Gasteiger charge is -2.12. The number of rotatable bonds is 2. The fourth-order valence-electron chi connectivity index (χ4n) is 3.21. The van der Waals surface area contributed by atoms with Gasteiger partial charge in [0.2, 0.25) is 0 Å². The molecule has 4 rings (SSSR count). The van der Waals surface area contributed by atoms with Crippen molar-refractivity contribution in [3.05, 3.63) is 65.0 Å². The van der Waals surface area contributed by atoms with Gasteiger partial charge in [-0.25, -0.2) is 8.78 Å². The molecule has 6 heteroatoms. The molecule has 1 amide bonds. The van der Waals surface area contributed by atoms with Crippen LogP contribution in [0.3, 0.4) is 0 Å². The lowest BCUT2D eigenvalue weighted by atomic mass is 9.92. The maximum atomic E-state index is 14.2. The minimum Gasteiger partial charge on any atom is -0.348 e. The minimum atomic E-state index is -0.660. The Kier molecular flexibility index (Phi) is 3.42. The zero-order valence-corrected chi connectivity index (χ0v) is 13.7. The molecule has 2 aromatic carbocycles. The summed E-state index contributed by atoms with van der Waals surface area (Å²) in [6.07, 6.45) is 1.73. The van der Waals surface area contributed by atoms with Gasteiger partial charge in [0.15, 0.2) is 0 Å². The van der Waals surface area contributed by atoms with E-state index in [4.69, 9.17) is 0 Å². The summed E-state index contributed by atoms with van der Waals surface area (Å²) in [7, 11) is 1.84. The second kappa shape index (κ2) is 5.51. The van der Waals surface area contributed by atoms with Crippen molar-refractivity contribution in [3.8, 4) is 22.3 Å². The molecule has 0 saturated heterocycles. The molecule has 25 heavy (non-hydrogen) atoms. The van der Waals surface area contributed by atoms with Crippen molar-refractivity contribution in [2.45, 2.75) is 13.5 Å². The van der Waals surface area contributed by atoms with E-state index in [1.165, 1.54) is 12.1 Å². The summed E-state index contributed by atoms with van der Waals surface area (Å²) < 4.78 is 29.2. The Bertz CT molecular complexity index is 1020. The Balaban J connectivity index is 1.99. The van der Waals surface area contributed by atoms with Gasteiger partial charge in [0, 0.05) is 42.0 Å². The van der Waals surface area contributed by atoms with Crippen LogP contribution in [0, 0.1) is 18.6 Å². The zero-order valence-electron chi connectivity index (χ0n) is 13.7. The van der Waals surface area contributed by atoms with Crippen molar-refractivity contribution >= 4 is 5.91 Å². The fourth-order valence-corrected chi connectivity index (χ4v) is 3.21. The van der Waals surface area contributed by atoms with Crippen LogP contribution >= 0.6 is 0 Å². The van der Waals surface area contributed by atoms with E-state index in [2.05, 4.69) is 10.4 Å². The molecule has 0 atom stereocenters. The largest absolute Gasteiger partial charge is 0.348 e. The summed E-state index contributed by atoms with van der Waals surface area (Å²) in [6, 6.07) is 6.93. The summed E-state index contributed by atoms with van der Waals surface area (Å²) in [5.74, 6) is -1.49. The average molecular weight is 339 g/mol. The monoisotopic (exact) mass is 339 g/mol. The number of fused-ring (bicyclic) bond motifs is 1. The maximum Gasteiger partial charge on any atom is 0.251 e. The van der Waals surface area contributed by atoms with E-state index in [9.17, 15) is 13.6 Å². The number of benzene rings is 2. The third-order valence-corrected chi connectivity index (χ3v) is 4.69. The number of amides is 1. The van der Waals surface area contributed by atoms with Crippen LogP contribution in [-0.2, 0) is 13.6 Å². The number of aryl methyl sites for hydroxylation is 1. The van der Waals surface area contributed by atoms with Gasteiger partial charge < -0.3 is 5.32 Å². The van der Waals surface area contributed by atoms with E-state index in [1.54, 1.807) is 16.9 Å². The number of halogens is 2. The molecule has 126 valence electrons. The highest BCUT2D eigenvalue weighted by molar-refractivity contribution is 6.02.